The Bertz CT molecular complexity index is 452. The Balaban J connectivity index is 1.56. The molecule has 4 nitrogen and oxygen atoms in total. The topological polar surface area (TPSA) is 46.9 Å². The fourth-order valence-corrected chi connectivity index (χ4v) is 4.06. The Labute approximate surface area is 132 Å². The summed E-state index contributed by atoms with van der Waals surface area (Å²) in [6.45, 7) is 5.46. The Kier molecular flexibility index (Phi) is 6.61. The van der Waals surface area contributed by atoms with Gasteiger partial charge >= 0.3 is 0 Å². The molecule has 1 aromatic rings. The molecule has 1 aliphatic rings. The largest absolute Gasteiger partial charge is 0.355 e. The highest BCUT2D eigenvalue weighted by Gasteiger charge is 2.13. The summed E-state index contributed by atoms with van der Waals surface area (Å²) in [5.41, 5.74) is 2.13. The van der Waals surface area contributed by atoms with Crippen molar-refractivity contribution >= 4 is 17.7 Å². The van der Waals surface area contributed by atoms with E-state index in [0.717, 1.165) is 28.9 Å². The van der Waals surface area contributed by atoms with Gasteiger partial charge in [0.1, 0.15) is 0 Å². The van der Waals surface area contributed by atoms with Crippen molar-refractivity contribution in [2.24, 2.45) is 0 Å². The average Bonchev–Trinajstić information content (AvgIpc) is 2.80. The molecular weight excluding hydrogens is 282 g/mol. The molecule has 118 valence electrons. The van der Waals surface area contributed by atoms with Crippen LogP contribution in [-0.4, -0.2) is 33.2 Å². The van der Waals surface area contributed by atoms with E-state index < -0.39 is 0 Å². The van der Waals surface area contributed by atoms with Crippen molar-refractivity contribution in [2.45, 2.75) is 64.2 Å². The number of aromatic nitrogens is 2. The van der Waals surface area contributed by atoms with Crippen molar-refractivity contribution in [2.75, 3.05) is 12.3 Å². The van der Waals surface area contributed by atoms with E-state index in [9.17, 15) is 4.79 Å². The molecule has 1 aromatic heterocycles. The van der Waals surface area contributed by atoms with Gasteiger partial charge in [0, 0.05) is 36.2 Å². The van der Waals surface area contributed by atoms with E-state index in [2.05, 4.69) is 10.4 Å². The standard InChI is InChI=1S/C16H27N3OS/c1-13-12-14(2)19(18-13)10-8-16(20)17-9-11-21-15-6-4-3-5-7-15/h12,15H,3-11H2,1-2H3,(H,17,20). The van der Waals surface area contributed by atoms with Crippen molar-refractivity contribution in [3.8, 4) is 0 Å². The van der Waals surface area contributed by atoms with Gasteiger partial charge in [0.25, 0.3) is 0 Å². The van der Waals surface area contributed by atoms with E-state index >= 15 is 0 Å². The van der Waals surface area contributed by atoms with Crippen LogP contribution in [0, 0.1) is 13.8 Å². The molecule has 5 heteroatoms. The van der Waals surface area contributed by atoms with Crippen LogP contribution >= 0.6 is 11.8 Å². The normalized spacial score (nSPS) is 16.1. The Morgan fingerprint density at radius 3 is 2.81 bits per heavy atom. The average molecular weight is 309 g/mol. The third-order valence-electron chi connectivity index (χ3n) is 3.98. The van der Waals surface area contributed by atoms with Crippen LogP contribution in [0.3, 0.4) is 0 Å². The fourth-order valence-electron chi connectivity index (χ4n) is 2.84. The Morgan fingerprint density at radius 1 is 1.38 bits per heavy atom. The zero-order valence-corrected chi connectivity index (χ0v) is 14.0. The van der Waals surface area contributed by atoms with Gasteiger partial charge in [-0.15, -0.1) is 0 Å². The zero-order chi connectivity index (χ0) is 15.1. The van der Waals surface area contributed by atoms with E-state index in [1.165, 1.54) is 32.1 Å². The van der Waals surface area contributed by atoms with Crippen molar-refractivity contribution in [3.63, 3.8) is 0 Å². The lowest BCUT2D eigenvalue weighted by Crippen LogP contribution is -2.27. The van der Waals surface area contributed by atoms with Crippen LogP contribution in [0.15, 0.2) is 6.07 Å². The molecule has 1 aliphatic carbocycles. The molecule has 1 heterocycles. The molecule has 0 spiro atoms. The number of thioether (sulfide) groups is 1. The first-order valence-corrected chi connectivity index (χ1v) is 9.09. The zero-order valence-electron chi connectivity index (χ0n) is 13.2. The first kappa shape index (κ1) is 16.4. The summed E-state index contributed by atoms with van der Waals surface area (Å²) < 4.78 is 1.91. The maximum Gasteiger partial charge on any atom is 0.221 e. The summed E-state index contributed by atoms with van der Waals surface area (Å²) in [7, 11) is 0. The number of amides is 1. The molecule has 21 heavy (non-hydrogen) atoms. The molecule has 1 amide bonds. The Morgan fingerprint density at radius 2 is 2.14 bits per heavy atom. The molecule has 1 saturated carbocycles. The van der Waals surface area contributed by atoms with Gasteiger partial charge in [-0.05, 0) is 32.8 Å². The number of hydrogen-bond donors (Lipinski definition) is 1. The summed E-state index contributed by atoms with van der Waals surface area (Å²) in [6.07, 6.45) is 7.39. The molecule has 0 radical (unpaired) electrons. The summed E-state index contributed by atoms with van der Waals surface area (Å²) in [4.78, 5) is 11.8. The van der Waals surface area contributed by atoms with Crippen LogP contribution < -0.4 is 5.32 Å². The van der Waals surface area contributed by atoms with Gasteiger partial charge in [0.2, 0.25) is 5.91 Å². The molecule has 0 atom stereocenters. The lowest BCUT2D eigenvalue weighted by molar-refractivity contribution is -0.121. The minimum absolute atomic E-state index is 0.131. The highest BCUT2D eigenvalue weighted by atomic mass is 32.2. The molecule has 0 aliphatic heterocycles. The van der Waals surface area contributed by atoms with Crippen LogP contribution in [0.1, 0.15) is 49.9 Å². The molecule has 2 rings (SSSR count). The summed E-state index contributed by atoms with van der Waals surface area (Å²) in [6, 6.07) is 2.04. The van der Waals surface area contributed by atoms with Crippen LogP contribution in [0.25, 0.3) is 0 Å². The van der Waals surface area contributed by atoms with Gasteiger partial charge in [-0.25, -0.2) is 0 Å². The van der Waals surface area contributed by atoms with Gasteiger partial charge in [0.15, 0.2) is 0 Å². The smallest absolute Gasteiger partial charge is 0.221 e. The lowest BCUT2D eigenvalue weighted by atomic mass is 10.0. The van der Waals surface area contributed by atoms with Crippen molar-refractivity contribution in [1.29, 1.82) is 0 Å². The third kappa shape index (κ3) is 5.73. The molecule has 0 bridgehead atoms. The third-order valence-corrected chi connectivity index (χ3v) is 5.37. The SMILES string of the molecule is Cc1cc(C)n(CCC(=O)NCCSC2CCCCC2)n1. The predicted octanol–water partition coefficient (Wildman–Crippen LogP) is 3.07. The molecule has 0 saturated heterocycles. The molecule has 0 aromatic carbocycles. The minimum Gasteiger partial charge on any atom is -0.355 e. The maximum atomic E-state index is 11.8. The lowest BCUT2D eigenvalue weighted by Gasteiger charge is -2.20. The van der Waals surface area contributed by atoms with Crippen molar-refractivity contribution in [1.82, 2.24) is 15.1 Å². The summed E-state index contributed by atoms with van der Waals surface area (Å²) in [5, 5.41) is 8.21. The van der Waals surface area contributed by atoms with Crippen LogP contribution in [-0.2, 0) is 11.3 Å². The number of nitrogens with zero attached hydrogens (tertiary/aromatic N) is 2. The van der Waals surface area contributed by atoms with Crippen LogP contribution in [0.4, 0.5) is 0 Å². The molecule has 1 fully saturated rings. The van der Waals surface area contributed by atoms with Gasteiger partial charge in [-0.1, -0.05) is 19.3 Å². The van der Waals surface area contributed by atoms with Crippen LogP contribution in [0.5, 0.6) is 0 Å². The molecular formula is C16H27N3OS. The van der Waals surface area contributed by atoms with Gasteiger partial charge in [0.05, 0.1) is 5.69 Å². The van der Waals surface area contributed by atoms with Crippen LogP contribution in [0.2, 0.25) is 0 Å². The monoisotopic (exact) mass is 309 g/mol. The van der Waals surface area contributed by atoms with E-state index in [-0.39, 0.29) is 5.91 Å². The minimum atomic E-state index is 0.131. The maximum absolute atomic E-state index is 11.8. The summed E-state index contributed by atoms with van der Waals surface area (Å²) >= 11 is 2.03. The van der Waals surface area contributed by atoms with E-state index in [4.69, 9.17) is 0 Å². The van der Waals surface area contributed by atoms with E-state index in [1.807, 2.05) is 36.4 Å². The van der Waals surface area contributed by atoms with Crippen molar-refractivity contribution in [3.05, 3.63) is 17.5 Å². The first-order chi connectivity index (χ1) is 10.1. The number of aryl methyl sites for hydroxylation is 3. The number of carbonyl (C=O) groups is 1. The van der Waals surface area contributed by atoms with E-state index in [1.54, 1.807) is 0 Å². The second-order valence-corrected chi connectivity index (χ2v) is 7.29. The van der Waals surface area contributed by atoms with E-state index in [0.29, 0.717) is 13.0 Å². The van der Waals surface area contributed by atoms with Gasteiger partial charge < -0.3 is 5.32 Å². The Hall–Kier alpha value is -0.970. The predicted molar refractivity (Wildman–Crippen MR) is 88.7 cm³/mol. The highest BCUT2D eigenvalue weighted by Crippen LogP contribution is 2.27. The second-order valence-electron chi connectivity index (χ2n) is 5.88. The summed E-state index contributed by atoms with van der Waals surface area (Å²) in [5.74, 6) is 1.17. The first-order valence-electron chi connectivity index (χ1n) is 8.04. The fraction of sp³-hybridized carbons (Fsp3) is 0.750. The number of carbonyl (C=O) groups excluding carboxylic acids is 1. The number of hydrogen-bond acceptors (Lipinski definition) is 3. The quantitative estimate of drug-likeness (QED) is 0.787. The molecule has 1 N–H and O–H groups in total. The van der Waals surface area contributed by atoms with Crippen molar-refractivity contribution < 1.29 is 4.79 Å². The molecule has 0 unspecified atom stereocenters. The highest BCUT2D eigenvalue weighted by molar-refractivity contribution is 7.99. The number of nitrogens with one attached hydrogen (secondary N) is 1. The van der Waals surface area contributed by atoms with Gasteiger partial charge in [-0.2, -0.15) is 16.9 Å². The number of rotatable bonds is 7. The van der Waals surface area contributed by atoms with Gasteiger partial charge in [-0.3, -0.25) is 9.48 Å². The second kappa shape index (κ2) is 8.47.